The lowest BCUT2D eigenvalue weighted by Crippen LogP contribution is -2.31. The highest BCUT2D eigenvalue weighted by atomic mass is 27.2. The van der Waals surface area contributed by atoms with Crippen LogP contribution in [-0.4, -0.2) is 20.5 Å². The van der Waals surface area contributed by atoms with Crippen molar-refractivity contribution in [1.82, 2.24) is 0 Å². The van der Waals surface area contributed by atoms with Crippen LogP contribution in [0.1, 0.15) is 40.5 Å². The van der Waals surface area contributed by atoms with Crippen LogP contribution < -0.4 is 0 Å². The van der Waals surface area contributed by atoms with E-state index < -0.39 is 14.5 Å². The molecular formula is C16H27AlO2. The quantitative estimate of drug-likeness (QED) is 0.541. The third-order valence-electron chi connectivity index (χ3n) is 4.33. The van der Waals surface area contributed by atoms with Crippen molar-refractivity contribution in [2.45, 2.75) is 51.1 Å². The fourth-order valence-electron chi connectivity index (χ4n) is 3.55. The first-order valence-corrected chi connectivity index (χ1v) is 9.95. The molecule has 0 amide bonds. The van der Waals surface area contributed by atoms with Gasteiger partial charge in [-0.2, -0.15) is 0 Å². The molecule has 0 aliphatic heterocycles. The van der Waals surface area contributed by atoms with Crippen molar-refractivity contribution in [3.05, 3.63) is 12.2 Å². The molecule has 0 spiro atoms. The zero-order valence-electron chi connectivity index (χ0n) is 12.8. The minimum Gasteiger partial charge on any atom is -0.616 e. The Morgan fingerprint density at radius 3 is 2.21 bits per heavy atom. The van der Waals surface area contributed by atoms with Crippen molar-refractivity contribution in [3.8, 4) is 0 Å². The van der Waals surface area contributed by atoms with Crippen LogP contribution in [0.3, 0.4) is 0 Å². The van der Waals surface area contributed by atoms with Gasteiger partial charge in [-0.3, -0.25) is 4.79 Å². The summed E-state index contributed by atoms with van der Waals surface area (Å²) < 4.78 is 5.97. The minimum absolute atomic E-state index is 0.120. The van der Waals surface area contributed by atoms with Crippen molar-refractivity contribution in [2.24, 2.45) is 29.6 Å². The standard InChI is InChI=1S/C8H10O2.2C4H9.Al/c9-8(10)7-4-5-1-2-6(7)3-5;2*1-4(2)3;/h1-2,5-7H,3-4H2,(H,9,10);2*4H,1H2,2-3H3;/q;;;+1/p-1/t5-,6+,7?;;;/m1.../s1. The first kappa shape index (κ1) is 15.1. The van der Waals surface area contributed by atoms with E-state index >= 15 is 0 Å². The lowest BCUT2D eigenvalue weighted by Gasteiger charge is -2.22. The van der Waals surface area contributed by atoms with Crippen molar-refractivity contribution in [1.29, 1.82) is 0 Å². The molecule has 2 rings (SSSR count). The maximum absolute atomic E-state index is 12.4. The number of rotatable bonds is 6. The Labute approximate surface area is 122 Å². The Kier molecular flexibility index (Phi) is 5.15. The van der Waals surface area contributed by atoms with Crippen LogP contribution in [-0.2, 0) is 8.58 Å². The van der Waals surface area contributed by atoms with Gasteiger partial charge in [0, 0.05) is 0 Å². The molecule has 0 heterocycles. The van der Waals surface area contributed by atoms with Gasteiger partial charge in [0.15, 0.2) is 0 Å². The second-order valence-electron chi connectivity index (χ2n) is 7.20. The number of carbonyl (C=O) groups excluding carboxylic acids is 1. The highest BCUT2D eigenvalue weighted by Crippen LogP contribution is 2.44. The summed E-state index contributed by atoms with van der Waals surface area (Å²) in [7, 11) is 0. The monoisotopic (exact) mass is 278 g/mol. The van der Waals surface area contributed by atoms with E-state index in [2.05, 4.69) is 39.8 Å². The summed E-state index contributed by atoms with van der Waals surface area (Å²) in [5.74, 6) is 2.70. The van der Waals surface area contributed by atoms with E-state index in [0.29, 0.717) is 23.7 Å². The number of fused-ring (bicyclic) bond motifs is 2. The van der Waals surface area contributed by atoms with Gasteiger partial charge in [0.05, 0.1) is 5.92 Å². The SMILES string of the molecule is CC(C)[CH2][Al]([CH2]C(C)C)[O]C(=O)C1C[C@@H]2C=C[C@H]1C2. The zero-order valence-corrected chi connectivity index (χ0v) is 13.9. The normalized spacial score (nSPS) is 28.4. The van der Waals surface area contributed by atoms with Crippen LogP contribution in [0.2, 0.25) is 10.6 Å². The summed E-state index contributed by atoms with van der Waals surface area (Å²) in [4.78, 5) is 12.4. The summed E-state index contributed by atoms with van der Waals surface area (Å²) >= 11 is -1.36. The van der Waals surface area contributed by atoms with Crippen molar-refractivity contribution in [2.75, 3.05) is 0 Å². The molecule has 0 aromatic carbocycles. The third kappa shape index (κ3) is 4.10. The molecule has 106 valence electrons. The average Bonchev–Trinajstić information content (AvgIpc) is 2.88. The molecule has 2 nitrogen and oxygen atoms in total. The van der Waals surface area contributed by atoms with Crippen molar-refractivity contribution >= 4 is 20.5 Å². The van der Waals surface area contributed by atoms with Crippen LogP contribution in [0.25, 0.3) is 0 Å². The van der Waals surface area contributed by atoms with E-state index in [9.17, 15) is 4.79 Å². The Balaban J connectivity index is 1.89. The summed E-state index contributed by atoms with van der Waals surface area (Å²) in [5.41, 5.74) is 0. The largest absolute Gasteiger partial charge is 0.616 e. The molecule has 2 aliphatic carbocycles. The highest BCUT2D eigenvalue weighted by molar-refractivity contribution is 6.54. The van der Waals surface area contributed by atoms with Gasteiger partial charge < -0.3 is 3.79 Å². The minimum atomic E-state index is -1.36. The Morgan fingerprint density at radius 1 is 1.16 bits per heavy atom. The van der Waals surface area contributed by atoms with E-state index in [4.69, 9.17) is 3.79 Å². The molecule has 0 saturated heterocycles. The summed E-state index contributed by atoms with van der Waals surface area (Å²) in [5, 5.41) is 2.25. The summed E-state index contributed by atoms with van der Waals surface area (Å²) in [6.07, 6.45) is 6.73. The van der Waals surface area contributed by atoms with Crippen LogP contribution >= 0.6 is 0 Å². The highest BCUT2D eigenvalue weighted by Gasteiger charge is 2.42. The maximum Gasteiger partial charge on any atom is 0.549 e. The molecule has 1 fully saturated rings. The second kappa shape index (κ2) is 6.46. The van der Waals surface area contributed by atoms with Crippen LogP contribution in [0, 0.1) is 29.6 Å². The molecule has 1 saturated carbocycles. The predicted octanol–water partition coefficient (Wildman–Crippen LogP) is 4.05. The molecule has 0 aromatic heterocycles. The zero-order chi connectivity index (χ0) is 14.0. The third-order valence-corrected chi connectivity index (χ3v) is 7.84. The fraction of sp³-hybridized carbons (Fsp3) is 0.812. The lowest BCUT2D eigenvalue weighted by atomic mass is 9.94. The molecule has 19 heavy (non-hydrogen) atoms. The van der Waals surface area contributed by atoms with Crippen molar-refractivity contribution < 1.29 is 8.58 Å². The van der Waals surface area contributed by atoms with E-state index in [1.165, 1.54) is 6.42 Å². The smallest absolute Gasteiger partial charge is 0.549 e. The molecule has 1 unspecified atom stereocenters. The Bertz CT molecular complexity index is 339. The van der Waals surface area contributed by atoms with Crippen molar-refractivity contribution in [3.63, 3.8) is 0 Å². The first-order valence-electron chi connectivity index (χ1n) is 7.84. The van der Waals surface area contributed by atoms with Gasteiger partial charge in [-0.1, -0.05) is 62.2 Å². The number of hydrogen-bond donors (Lipinski definition) is 0. The molecule has 0 aromatic rings. The van der Waals surface area contributed by atoms with Gasteiger partial charge in [0.2, 0.25) is 0 Å². The number of carbonyl (C=O) groups is 1. The second-order valence-corrected chi connectivity index (χ2v) is 9.63. The first-order chi connectivity index (χ1) is 8.95. The lowest BCUT2D eigenvalue weighted by molar-refractivity contribution is -0.140. The fourth-order valence-corrected chi connectivity index (χ4v) is 6.54. The summed E-state index contributed by atoms with van der Waals surface area (Å²) in [6, 6.07) is 0. The van der Waals surface area contributed by atoms with E-state index in [-0.39, 0.29) is 11.9 Å². The van der Waals surface area contributed by atoms with Gasteiger partial charge in [-0.05, 0) is 24.7 Å². The van der Waals surface area contributed by atoms with Gasteiger partial charge >= 0.3 is 14.5 Å². The molecule has 2 aliphatic rings. The van der Waals surface area contributed by atoms with E-state index in [1.807, 2.05) is 0 Å². The molecule has 3 atom stereocenters. The molecule has 3 heteroatoms. The van der Waals surface area contributed by atoms with Crippen LogP contribution in [0.15, 0.2) is 12.2 Å². The van der Waals surface area contributed by atoms with Crippen LogP contribution in [0.4, 0.5) is 0 Å². The molecule has 2 bridgehead atoms. The number of allylic oxidation sites excluding steroid dienone is 2. The average molecular weight is 278 g/mol. The van der Waals surface area contributed by atoms with E-state index in [1.54, 1.807) is 0 Å². The van der Waals surface area contributed by atoms with Gasteiger partial charge in [0.1, 0.15) is 0 Å². The Hall–Kier alpha value is -0.258. The molecular weight excluding hydrogens is 251 g/mol. The van der Waals surface area contributed by atoms with Gasteiger partial charge in [0.25, 0.3) is 5.97 Å². The van der Waals surface area contributed by atoms with E-state index in [0.717, 1.165) is 17.0 Å². The molecule has 0 radical (unpaired) electrons. The predicted molar refractivity (Wildman–Crippen MR) is 80.0 cm³/mol. The summed E-state index contributed by atoms with van der Waals surface area (Å²) in [6.45, 7) is 8.92. The van der Waals surface area contributed by atoms with Gasteiger partial charge in [-0.15, -0.1) is 0 Å². The van der Waals surface area contributed by atoms with Crippen LogP contribution in [0.5, 0.6) is 0 Å². The maximum atomic E-state index is 12.4. The van der Waals surface area contributed by atoms with Gasteiger partial charge in [-0.25, -0.2) is 0 Å². The topological polar surface area (TPSA) is 26.3 Å². The Morgan fingerprint density at radius 2 is 1.79 bits per heavy atom. The molecule has 0 N–H and O–H groups in total. The number of hydrogen-bond acceptors (Lipinski definition) is 2.